The van der Waals surface area contributed by atoms with E-state index >= 15 is 0 Å². The number of piperazine rings is 1. The number of hydrogen-bond acceptors (Lipinski definition) is 5. The summed E-state index contributed by atoms with van der Waals surface area (Å²) >= 11 is 0. The minimum atomic E-state index is -0.412. The first kappa shape index (κ1) is 18.5. The van der Waals surface area contributed by atoms with Gasteiger partial charge in [-0.05, 0) is 39.5 Å². The van der Waals surface area contributed by atoms with Gasteiger partial charge in [0.15, 0.2) is 0 Å². The second-order valence-electron chi connectivity index (χ2n) is 7.78. The maximum absolute atomic E-state index is 12.1. The van der Waals surface area contributed by atoms with Gasteiger partial charge in [-0.3, -0.25) is 0 Å². The highest BCUT2D eigenvalue weighted by atomic mass is 16.6. The van der Waals surface area contributed by atoms with Crippen LogP contribution < -0.4 is 5.32 Å². The first-order chi connectivity index (χ1) is 10.9. The average molecular weight is 327 g/mol. The van der Waals surface area contributed by atoms with Gasteiger partial charge in [-0.2, -0.15) is 0 Å². The number of hydrogen-bond donors (Lipinski definition) is 1. The molecule has 6 nitrogen and oxygen atoms in total. The number of nitrogens with zero attached hydrogens (tertiary/aromatic N) is 2. The van der Waals surface area contributed by atoms with Crippen LogP contribution in [0, 0.1) is 5.92 Å². The molecule has 6 heteroatoms. The standard InChI is InChI=1S/C17H33N3O3/c1-17(2,3)23-16(21)20-8-5-14(6-9-20)11-19-10-7-18-15(12-19)13-22-4/h14-15,18H,5-13H2,1-4H3. The van der Waals surface area contributed by atoms with Crippen molar-refractivity contribution in [3.63, 3.8) is 0 Å². The van der Waals surface area contributed by atoms with Gasteiger partial charge in [-0.1, -0.05) is 0 Å². The fraction of sp³-hybridized carbons (Fsp3) is 0.941. The normalized spacial score (nSPS) is 24.7. The molecule has 2 aliphatic heterocycles. The predicted octanol–water partition coefficient (Wildman–Crippen LogP) is 1.55. The summed E-state index contributed by atoms with van der Waals surface area (Å²) in [7, 11) is 1.76. The van der Waals surface area contributed by atoms with E-state index in [9.17, 15) is 4.79 Å². The highest BCUT2D eigenvalue weighted by Crippen LogP contribution is 2.21. The highest BCUT2D eigenvalue weighted by Gasteiger charge is 2.28. The molecule has 1 atom stereocenters. The summed E-state index contributed by atoms with van der Waals surface area (Å²) in [5, 5.41) is 3.49. The zero-order valence-electron chi connectivity index (χ0n) is 15.1. The molecule has 0 spiro atoms. The summed E-state index contributed by atoms with van der Waals surface area (Å²) < 4.78 is 10.7. The van der Waals surface area contributed by atoms with Crippen molar-refractivity contribution in [2.75, 3.05) is 53.0 Å². The first-order valence-electron chi connectivity index (χ1n) is 8.80. The van der Waals surface area contributed by atoms with E-state index in [1.54, 1.807) is 7.11 Å². The van der Waals surface area contributed by atoms with E-state index in [1.807, 2.05) is 25.7 Å². The van der Waals surface area contributed by atoms with Gasteiger partial charge in [-0.25, -0.2) is 4.79 Å². The lowest BCUT2D eigenvalue weighted by Gasteiger charge is -2.38. The second-order valence-corrected chi connectivity index (χ2v) is 7.78. The molecule has 0 aromatic rings. The van der Waals surface area contributed by atoms with E-state index in [4.69, 9.17) is 9.47 Å². The number of piperidine rings is 1. The molecule has 134 valence electrons. The van der Waals surface area contributed by atoms with Crippen LogP contribution in [0.1, 0.15) is 33.6 Å². The molecule has 0 saturated carbocycles. The van der Waals surface area contributed by atoms with Gasteiger partial charge in [-0.15, -0.1) is 0 Å². The minimum absolute atomic E-state index is 0.168. The second kappa shape index (κ2) is 8.31. The van der Waals surface area contributed by atoms with Crippen molar-refractivity contribution in [2.24, 2.45) is 5.92 Å². The quantitative estimate of drug-likeness (QED) is 0.849. The number of rotatable bonds is 4. The molecular formula is C17H33N3O3. The van der Waals surface area contributed by atoms with Crippen LogP contribution in [-0.4, -0.2) is 80.5 Å². The molecule has 0 aliphatic carbocycles. The third-order valence-corrected chi connectivity index (χ3v) is 4.49. The highest BCUT2D eigenvalue weighted by molar-refractivity contribution is 5.68. The van der Waals surface area contributed by atoms with E-state index in [1.165, 1.54) is 0 Å². The molecule has 0 aromatic heterocycles. The van der Waals surface area contributed by atoms with E-state index in [0.29, 0.717) is 12.0 Å². The maximum atomic E-state index is 12.1. The number of carbonyl (C=O) groups is 1. The van der Waals surface area contributed by atoms with Crippen LogP contribution in [0.25, 0.3) is 0 Å². The Bertz CT molecular complexity index is 374. The van der Waals surface area contributed by atoms with Crippen molar-refractivity contribution in [2.45, 2.75) is 45.3 Å². The zero-order valence-corrected chi connectivity index (χ0v) is 15.1. The van der Waals surface area contributed by atoms with Gasteiger partial charge in [0.2, 0.25) is 0 Å². The molecule has 2 aliphatic rings. The molecule has 0 aromatic carbocycles. The van der Waals surface area contributed by atoms with Crippen LogP contribution >= 0.6 is 0 Å². The van der Waals surface area contributed by atoms with Crippen LogP contribution in [0.4, 0.5) is 4.79 Å². The topological polar surface area (TPSA) is 54.0 Å². The Kier molecular flexibility index (Phi) is 6.68. The van der Waals surface area contributed by atoms with Crippen molar-refractivity contribution in [3.05, 3.63) is 0 Å². The fourth-order valence-corrected chi connectivity index (χ4v) is 3.36. The molecule has 2 rings (SSSR count). The predicted molar refractivity (Wildman–Crippen MR) is 90.6 cm³/mol. The summed E-state index contributed by atoms with van der Waals surface area (Å²) in [6, 6.07) is 0.440. The van der Waals surface area contributed by atoms with E-state index < -0.39 is 5.60 Å². The van der Waals surface area contributed by atoms with Crippen molar-refractivity contribution in [1.82, 2.24) is 15.1 Å². The SMILES string of the molecule is COCC1CN(CC2CCN(C(=O)OC(C)(C)C)CC2)CCN1. The maximum Gasteiger partial charge on any atom is 0.410 e. The number of methoxy groups -OCH3 is 1. The third-order valence-electron chi connectivity index (χ3n) is 4.49. The summed E-state index contributed by atoms with van der Waals surface area (Å²) in [4.78, 5) is 16.5. The van der Waals surface area contributed by atoms with Crippen LogP contribution in [0.15, 0.2) is 0 Å². The first-order valence-corrected chi connectivity index (χ1v) is 8.80. The molecule has 0 radical (unpaired) electrons. The smallest absolute Gasteiger partial charge is 0.410 e. The lowest BCUT2D eigenvalue weighted by Crippen LogP contribution is -2.54. The lowest BCUT2D eigenvalue weighted by molar-refractivity contribution is 0.0161. The lowest BCUT2D eigenvalue weighted by atomic mass is 9.96. The largest absolute Gasteiger partial charge is 0.444 e. The molecule has 1 unspecified atom stereocenters. The van der Waals surface area contributed by atoms with Crippen LogP contribution in [0.2, 0.25) is 0 Å². The van der Waals surface area contributed by atoms with Gasteiger partial charge in [0.05, 0.1) is 6.61 Å². The molecule has 1 N–H and O–H groups in total. The van der Waals surface area contributed by atoms with E-state index in [0.717, 1.165) is 58.7 Å². The Labute approximate surface area is 140 Å². The van der Waals surface area contributed by atoms with Gasteiger partial charge >= 0.3 is 6.09 Å². The number of ether oxygens (including phenoxy) is 2. The van der Waals surface area contributed by atoms with E-state index in [2.05, 4.69) is 10.2 Å². The monoisotopic (exact) mass is 327 g/mol. The number of carbonyl (C=O) groups excluding carboxylic acids is 1. The summed E-state index contributed by atoms with van der Waals surface area (Å²) in [5.41, 5.74) is -0.412. The Balaban J connectivity index is 1.71. The number of nitrogens with one attached hydrogen (secondary N) is 1. The Morgan fingerprint density at radius 3 is 2.52 bits per heavy atom. The van der Waals surface area contributed by atoms with Crippen molar-refractivity contribution >= 4 is 6.09 Å². The molecule has 2 saturated heterocycles. The Morgan fingerprint density at radius 1 is 1.22 bits per heavy atom. The number of likely N-dealkylation sites (tertiary alicyclic amines) is 1. The Morgan fingerprint density at radius 2 is 1.91 bits per heavy atom. The molecule has 23 heavy (non-hydrogen) atoms. The molecule has 0 bridgehead atoms. The zero-order chi connectivity index (χ0) is 16.9. The molecule has 2 heterocycles. The number of amides is 1. The van der Waals surface area contributed by atoms with Crippen LogP contribution in [0.3, 0.4) is 0 Å². The fourth-order valence-electron chi connectivity index (χ4n) is 3.36. The summed E-state index contributed by atoms with van der Waals surface area (Å²) in [6.45, 7) is 12.5. The van der Waals surface area contributed by atoms with Gasteiger partial charge < -0.3 is 24.6 Å². The molecular weight excluding hydrogens is 294 g/mol. The van der Waals surface area contributed by atoms with Crippen molar-refractivity contribution in [1.29, 1.82) is 0 Å². The third kappa shape index (κ3) is 6.28. The van der Waals surface area contributed by atoms with Gasteiger partial charge in [0.1, 0.15) is 5.60 Å². The summed E-state index contributed by atoms with van der Waals surface area (Å²) in [5.74, 6) is 0.676. The van der Waals surface area contributed by atoms with Crippen molar-refractivity contribution < 1.29 is 14.3 Å². The van der Waals surface area contributed by atoms with Crippen LogP contribution in [-0.2, 0) is 9.47 Å². The van der Waals surface area contributed by atoms with Crippen LogP contribution in [0.5, 0.6) is 0 Å². The molecule has 2 fully saturated rings. The van der Waals surface area contributed by atoms with Gasteiger partial charge in [0, 0.05) is 52.4 Å². The average Bonchev–Trinajstić information content (AvgIpc) is 2.47. The van der Waals surface area contributed by atoms with Gasteiger partial charge in [0.25, 0.3) is 0 Å². The Hall–Kier alpha value is -0.850. The molecule has 1 amide bonds. The minimum Gasteiger partial charge on any atom is -0.444 e. The summed E-state index contributed by atoms with van der Waals surface area (Å²) in [6.07, 6.45) is 1.97. The van der Waals surface area contributed by atoms with Crippen molar-refractivity contribution in [3.8, 4) is 0 Å². The van der Waals surface area contributed by atoms with E-state index in [-0.39, 0.29) is 6.09 Å².